The lowest BCUT2D eigenvalue weighted by Gasteiger charge is -2.05. The number of thiazole rings is 1. The van der Waals surface area contributed by atoms with Crippen molar-refractivity contribution in [1.82, 2.24) is 10.3 Å². The zero-order chi connectivity index (χ0) is 15.4. The number of amides is 1. The lowest BCUT2D eigenvalue weighted by Crippen LogP contribution is -2.25. The average molecular weight is 308 g/mol. The molecule has 7 heteroatoms. The molecule has 1 heterocycles. The molecule has 0 aliphatic carbocycles. The van der Waals surface area contributed by atoms with Crippen LogP contribution in [0.5, 0.6) is 0 Å². The fourth-order valence-corrected chi connectivity index (χ4v) is 2.55. The summed E-state index contributed by atoms with van der Waals surface area (Å²) in [5, 5.41) is 3.49. The quantitative estimate of drug-likeness (QED) is 0.885. The second-order valence-electron chi connectivity index (χ2n) is 4.74. The highest BCUT2D eigenvalue weighted by molar-refractivity contribution is 7.18. The second kappa shape index (κ2) is 6.53. The molecule has 1 aromatic heterocycles. The van der Waals surface area contributed by atoms with Gasteiger partial charge in [-0.3, -0.25) is 4.79 Å². The maximum Gasteiger partial charge on any atom is 0.265 e. The number of carbonyl (C=O) groups excluding carboxylic acids is 1. The predicted octanol–water partition coefficient (Wildman–Crippen LogP) is 1.90. The first kappa shape index (κ1) is 15.2. The van der Waals surface area contributed by atoms with Crippen LogP contribution >= 0.6 is 11.3 Å². The third-order valence-corrected chi connectivity index (χ3v) is 4.08. The van der Waals surface area contributed by atoms with E-state index in [0.717, 1.165) is 5.56 Å². The third kappa shape index (κ3) is 3.91. The van der Waals surface area contributed by atoms with Crippen molar-refractivity contribution in [2.75, 3.05) is 31.3 Å². The average Bonchev–Trinajstić information content (AvgIpc) is 2.83. The van der Waals surface area contributed by atoms with Gasteiger partial charge in [0.1, 0.15) is 16.5 Å². The summed E-state index contributed by atoms with van der Waals surface area (Å²) in [5.74, 6) is -0.264. The van der Waals surface area contributed by atoms with Crippen LogP contribution in [0.15, 0.2) is 24.3 Å². The number of nitrogens with zero attached hydrogens (tertiary/aromatic N) is 2. The van der Waals surface area contributed by atoms with E-state index in [1.165, 1.54) is 23.5 Å². The predicted molar refractivity (Wildman–Crippen MR) is 83.3 cm³/mol. The van der Waals surface area contributed by atoms with Crippen molar-refractivity contribution in [3.8, 4) is 0 Å². The van der Waals surface area contributed by atoms with Crippen molar-refractivity contribution < 1.29 is 9.18 Å². The number of hydrogen-bond donors (Lipinski definition) is 2. The van der Waals surface area contributed by atoms with Gasteiger partial charge < -0.3 is 16.0 Å². The van der Waals surface area contributed by atoms with Crippen LogP contribution in [0.4, 0.5) is 15.3 Å². The van der Waals surface area contributed by atoms with Gasteiger partial charge >= 0.3 is 0 Å². The minimum atomic E-state index is -0.267. The van der Waals surface area contributed by atoms with E-state index in [0.29, 0.717) is 23.0 Å². The Hall–Kier alpha value is -2.15. The van der Waals surface area contributed by atoms with Gasteiger partial charge in [-0.05, 0) is 24.1 Å². The van der Waals surface area contributed by atoms with Crippen molar-refractivity contribution in [2.45, 2.75) is 6.42 Å². The standard InChI is InChI=1S/C14H17FN4OS/c1-19(2)14-18-12(16)11(21-14)13(20)17-8-7-9-3-5-10(15)6-4-9/h3-6H,7-8,16H2,1-2H3,(H,17,20). The van der Waals surface area contributed by atoms with Gasteiger partial charge in [0.2, 0.25) is 0 Å². The molecule has 0 atom stereocenters. The Morgan fingerprint density at radius 1 is 1.38 bits per heavy atom. The molecule has 1 amide bonds. The van der Waals surface area contributed by atoms with Gasteiger partial charge in [0.05, 0.1) is 0 Å². The number of rotatable bonds is 5. The second-order valence-corrected chi connectivity index (χ2v) is 5.72. The van der Waals surface area contributed by atoms with Crippen LogP contribution in [-0.2, 0) is 6.42 Å². The molecule has 112 valence electrons. The van der Waals surface area contributed by atoms with E-state index in [4.69, 9.17) is 5.73 Å². The van der Waals surface area contributed by atoms with Crippen LogP contribution in [0, 0.1) is 5.82 Å². The van der Waals surface area contributed by atoms with Crippen LogP contribution in [0.1, 0.15) is 15.2 Å². The number of nitrogens with one attached hydrogen (secondary N) is 1. The van der Waals surface area contributed by atoms with E-state index < -0.39 is 0 Å². The number of nitrogen functional groups attached to an aromatic ring is 1. The Morgan fingerprint density at radius 3 is 2.62 bits per heavy atom. The van der Waals surface area contributed by atoms with E-state index in [1.807, 2.05) is 14.1 Å². The third-order valence-electron chi connectivity index (χ3n) is 2.84. The first-order valence-electron chi connectivity index (χ1n) is 6.43. The number of benzene rings is 1. The Bertz CT molecular complexity index is 624. The highest BCUT2D eigenvalue weighted by atomic mass is 32.1. The van der Waals surface area contributed by atoms with Gasteiger partial charge in [-0.15, -0.1) is 0 Å². The molecular formula is C14H17FN4OS. The minimum absolute atomic E-state index is 0.236. The minimum Gasteiger partial charge on any atom is -0.382 e. The van der Waals surface area contributed by atoms with E-state index in [9.17, 15) is 9.18 Å². The van der Waals surface area contributed by atoms with E-state index in [2.05, 4.69) is 10.3 Å². The molecule has 5 nitrogen and oxygen atoms in total. The molecule has 0 radical (unpaired) electrons. The van der Waals surface area contributed by atoms with Crippen LogP contribution in [0.25, 0.3) is 0 Å². The summed E-state index contributed by atoms with van der Waals surface area (Å²) in [6, 6.07) is 6.21. The summed E-state index contributed by atoms with van der Waals surface area (Å²) in [5.41, 5.74) is 6.71. The molecule has 0 saturated heterocycles. The fourth-order valence-electron chi connectivity index (χ4n) is 1.73. The Labute approximate surface area is 126 Å². The number of carbonyl (C=O) groups is 1. The molecule has 0 aliphatic heterocycles. The molecule has 0 unspecified atom stereocenters. The summed E-state index contributed by atoms with van der Waals surface area (Å²) < 4.78 is 12.8. The molecule has 3 N–H and O–H groups in total. The number of hydrogen-bond acceptors (Lipinski definition) is 5. The van der Waals surface area contributed by atoms with Crippen LogP contribution in [0.2, 0.25) is 0 Å². The lowest BCUT2D eigenvalue weighted by molar-refractivity contribution is 0.0959. The van der Waals surface area contributed by atoms with Crippen molar-refractivity contribution in [3.05, 3.63) is 40.5 Å². The zero-order valence-electron chi connectivity index (χ0n) is 11.9. The Balaban J connectivity index is 1.91. The van der Waals surface area contributed by atoms with Gasteiger partial charge in [0.15, 0.2) is 5.13 Å². The highest BCUT2D eigenvalue weighted by Gasteiger charge is 2.16. The van der Waals surface area contributed by atoms with Gasteiger partial charge in [-0.25, -0.2) is 9.37 Å². The molecule has 21 heavy (non-hydrogen) atoms. The van der Waals surface area contributed by atoms with Crippen LogP contribution in [0.3, 0.4) is 0 Å². The first-order chi connectivity index (χ1) is 9.97. The van der Waals surface area contributed by atoms with Gasteiger partial charge in [0, 0.05) is 20.6 Å². The largest absolute Gasteiger partial charge is 0.382 e. The summed E-state index contributed by atoms with van der Waals surface area (Å²) in [7, 11) is 3.68. The van der Waals surface area contributed by atoms with E-state index in [-0.39, 0.29) is 17.5 Å². The smallest absolute Gasteiger partial charge is 0.265 e. The number of anilines is 2. The first-order valence-corrected chi connectivity index (χ1v) is 7.25. The zero-order valence-corrected chi connectivity index (χ0v) is 12.7. The Kier molecular flexibility index (Phi) is 4.74. The maximum atomic E-state index is 12.8. The lowest BCUT2D eigenvalue weighted by atomic mass is 10.1. The van der Waals surface area contributed by atoms with Crippen molar-refractivity contribution in [2.24, 2.45) is 0 Å². The molecular weight excluding hydrogens is 291 g/mol. The molecule has 0 spiro atoms. The fraction of sp³-hybridized carbons (Fsp3) is 0.286. The molecule has 2 rings (SSSR count). The number of aromatic nitrogens is 1. The summed E-state index contributed by atoms with van der Waals surface area (Å²) in [6.07, 6.45) is 0.630. The number of nitrogens with two attached hydrogens (primary N) is 1. The van der Waals surface area contributed by atoms with Crippen molar-refractivity contribution in [3.63, 3.8) is 0 Å². The van der Waals surface area contributed by atoms with Crippen molar-refractivity contribution in [1.29, 1.82) is 0 Å². The van der Waals surface area contributed by atoms with Gasteiger partial charge in [0.25, 0.3) is 5.91 Å². The molecule has 0 saturated carbocycles. The monoisotopic (exact) mass is 308 g/mol. The molecule has 1 aromatic carbocycles. The maximum absolute atomic E-state index is 12.8. The summed E-state index contributed by atoms with van der Waals surface area (Å²) in [6.45, 7) is 0.457. The molecule has 2 aromatic rings. The summed E-state index contributed by atoms with van der Waals surface area (Å²) >= 11 is 1.25. The highest BCUT2D eigenvalue weighted by Crippen LogP contribution is 2.26. The van der Waals surface area contributed by atoms with Crippen LogP contribution in [-0.4, -0.2) is 31.5 Å². The van der Waals surface area contributed by atoms with Crippen LogP contribution < -0.4 is 16.0 Å². The van der Waals surface area contributed by atoms with Gasteiger partial charge in [-0.1, -0.05) is 23.5 Å². The van der Waals surface area contributed by atoms with Gasteiger partial charge in [-0.2, -0.15) is 0 Å². The number of halogens is 1. The summed E-state index contributed by atoms with van der Waals surface area (Å²) in [4.78, 5) is 18.4. The van der Waals surface area contributed by atoms with E-state index >= 15 is 0 Å². The molecule has 0 aliphatic rings. The normalized spacial score (nSPS) is 10.4. The SMILES string of the molecule is CN(C)c1nc(N)c(C(=O)NCCc2ccc(F)cc2)s1. The molecule has 0 bridgehead atoms. The van der Waals surface area contributed by atoms with Crippen molar-refractivity contribution >= 4 is 28.2 Å². The topological polar surface area (TPSA) is 71.2 Å². The van der Waals surface area contributed by atoms with E-state index in [1.54, 1.807) is 17.0 Å². The molecule has 0 fully saturated rings. The Morgan fingerprint density at radius 2 is 2.05 bits per heavy atom.